The van der Waals surface area contributed by atoms with Crippen molar-refractivity contribution >= 4 is 5.97 Å². The fraction of sp³-hybridized carbons (Fsp3) is 0.522. The summed E-state index contributed by atoms with van der Waals surface area (Å²) >= 11 is 0. The third kappa shape index (κ3) is 3.92. The molecule has 1 atom stereocenters. The lowest BCUT2D eigenvalue weighted by Gasteiger charge is -2.33. The monoisotopic (exact) mass is 444 g/mol. The molecular formula is C23H28N2O7. The maximum Gasteiger partial charge on any atom is 0.341 e. The highest BCUT2D eigenvalue weighted by molar-refractivity contribution is 5.88. The second kappa shape index (κ2) is 8.82. The van der Waals surface area contributed by atoms with E-state index in [1.165, 1.54) is 13.2 Å². The fourth-order valence-electron chi connectivity index (χ4n) is 4.01. The normalized spacial score (nSPS) is 16.8. The molecule has 2 aromatic rings. The average molecular weight is 444 g/mol. The number of aromatic nitrogens is 2. The molecule has 2 aliphatic rings. The van der Waals surface area contributed by atoms with Gasteiger partial charge in [0, 0.05) is 37.8 Å². The largest absolute Gasteiger partial charge is 0.488 e. The Hall–Kier alpha value is -3.07. The van der Waals surface area contributed by atoms with Gasteiger partial charge in [-0.1, -0.05) is 13.8 Å². The maximum atomic E-state index is 13.1. The first-order valence-corrected chi connectivity index (χ1v) is 10.8. The average Bonchev–Trinajstić information content (AvgIpc) is 3.59. The maximum absolute atomic E-state index is 13.1. The number of ether oxygens (including phenoxy) is 4. The lowest BCUT2D eigenvalue weighted by atomic mass is 9.92. The Balaban J connectivity index is 1.90. The predicted molar refractivity (Wildman–Crippen MR) is 116 cm³/mol. The van der Waals surface area contributed by atoms with E-state index in [9.17, 15) is 14.7 Å². The van der Waals surface area contributed by atoms with Crippen LogP contribution in [0.3, 0.4) is 0 Å². The Labute approximate surface area is 185 Å². The van der Waals surface area contributed by atoms with Crippen molar-refractivity contribution in [3.63, 3.8) is 0 Å². The Morgan fingerprint density at radius 2 is 2.03 bits per heavy atom. The molecule has 9 nitrogen and oxygen atoms in total. The number of fused-ring (bicyclic) bond motifs is 3. The van der Waals surface area contributed by atoms with Crippen molar-refractivity contribution < 1.29 is 28.8 Å². The molecule has 0 bridgehead atoms. The molecule has 1 N–H and O–H groups in total. The molecule has 0 radical (unpaired) electrons. The van der Waals surface area contributed by atoms with E-state index in [0.29, 0.717) is 48.1 Å². The van der Waals surface area contributed by atoms with Crippen LogP contribution in [0.4, 0.5) is 0 Å². The molecule has 1 aliphatic heterocycles. The summed E-state index contributed by atoms with van der Waals surface area (Å²) in [5.41, 5.74) is 0.943. The van der Waals surface area contributed by atoms with E-state index in [2.05, 4.69) is 4.98 Å². The van der Waals surface area contributed by atoms with Crippen LogP contribution in [0.5, 0.6) is 17.4 Å². The first-order chi connectivity index (χ1) is 15.4. The summed E-state index contributed by atoms with van der Waals surface area (Å²) in [6.45, 7) is 4.97. The van der Waals surface area contributed by atoms with Gasteiger partial charge in [-0.2, -0.15) is 0 Å². The van der Waals surface area contributed by atoms with Crippen LogP contribution in [-0.2, 0) is 4.74 Å². The zero-order valence-corrected chi connectivity index (χ0v) is 18.7. The van der Waals surface area contributed by atoms with E-state index >= 15 is 0 Å². The number of methoxy groups -OCH3 is 2. The molecule has 1 aliphatic carbocycles. The van der Waals surface area contributed by atoms with Crippen LogP contribution in [0.2, 0.25) is 0 Å². The van der Waals surface area contributed by atoms with Gasteiger partial charge in [-0.15, -0.1) is 0 Å². The predicted octanol–water partition coefficient (Wildman–Crippen LogP) is 3.46. The summed E-state index contributed by atoms with van der Waals surface area (Å²) in [7, 11) is 3.13. The number of rotatable bonds is 9. The van der Waals surface area contributed by atoms with Crippen molar-refractivity contribution in [3.8, 4) is 28.8 Å². The number of hydrogen-bond acceptors (Lipinski definition) is 7. The van der Waals surface area contributed by atoms with Crippen LogP contribution in [0.15, 0.2) is 16.9 Å². The highest BCUT2D eigenvalue weighted by Crippen LogP contribution is 2.49. The number of carboxylic acid groups (broad SMARTS) is 1. The highest BCUT2D eigenvalue weighted by atomic mass is 16.5. The van der Waals surface area contributed by atoms with Gasteiger partial charge in [-0.05, 0) is 24.8 Å². The van der Waals surface area contributed by atoms with Crippen LogP contribution in [0, 0.1) is 5.92 Å². The van der Waals surface area contributed by atoms with Gasteiger partial charge < -0.3 is 28.6 Å². The molecule has 1 fully saturated rings. The molecule has 32 heavy (non-hydrogen) atoms. The number of nitrogens with zero attached hydrogens (tertiary/aromatic N) is 2. The fourth-order valence-corrected chi connectivity index (χ4v) is 4.01. The minimum Gasteiger partial charge on any atom is -0.488 e. The molecule has 0 saturated heterocycles. The second-order valence-electron chi connectivity index (χ2n) is 8.39. The van der Waals surface area contributed by atoms with Crippen LogP contribution < -0.4 is 19.8 Å². The van der Waals surface area contributed by atoms with Crippen molar-refractivity contribution in [3.05, 3.63) is 33.6 Å². The quantitative estimate of drug-likeness (QED) is 0.586. The van der Waals surface area contributed by atoms with Crippen LogP contribution >= 0.6 is 0 Å². The third-order valence-electron chi connectivity index (χ3n) is 5.66. The standard InChI is InChI=1S/C23H28N2O7/c1-12(2)20-14-10-15(23(27)28)22(26)25(13-6-7-13)19(14)18-16(32-20)11-17(21(24-18)30-4)31-9-5-8-29-3/h10-13,20H,5-9H2,1-4H3,(H,27,28)/t20-/m1/s1. The van der Waals surface area contributed by atoms with Gasteiger partial charge in [0.05, 0.1) is 19.4 Å². The minimum atomic E-state index is -1.24. The first-order valence-electron chi connectivity index (χ1n) is 10.8. The molecule has 0 amide bonds. The summed E-state index contributed by atoms with van der Waals surface area (Å²) in [6, 6.07) is 3.13. The Bertz CT molecular complexity index is 1090. The van der Waals surface area contributed by atoms with Gasteiger partial charge in [-0.25, -0.2) is 9.78 Å². The summed E-state index contributed by atoms with van der Waals surface area (Å²) in [5, 5.41) is 9.64. The van der Waals surface area contributed by atoms with E-state index in [4.69, 9.17) is 18.9 Å². The minimum absolute atomic E-state index is 0.0295. The van der Waals surface area contributed by atoms with E-state index in [-0.39, 0.29) is 23.4 Å². The Morgan fingerprint density at radius 3 is 2.62 bits per heavy atom. The molecule has 0 unspecified atom stereocenters. The summed E-state index contributed by atoms with van der Waals surface area (Å²) in [6.07, 6.45) is 1.90. The molecule has 4 rings (SSSR count). The van der Waals surface area contributed by atoms with Crippen LogP contribution in [0.1, 0.15) is 61.2 Å². The van der Waals surface area contributed by atoms with E-state index in [1.807, 2.05) is 13.8 Å². The topological polar surface area (TPSA) is 109 Å². The molecule has 9 heteroatoms. The summed E-state index contributed by atoms with van der Waals surface area (Å²) in [5.74, 6) is -0.0186. The van der Waals surface area contributed by atoms with Crippen LogP contribution in [0.25, 0.3) is 11.4 Å². The molecule has 172 valence electrons. The van der Waals surface area contributed by atoms with Crippen molar-refractivity contribution in [1.82, 2.24) is 9.55 Å². The molecule has 2 aromatic heterocycles. The molecular weight excluding hydrogens is 416 g/mol. The highest BCUT2D eigenvalue weighted by Gasteiger charge is 2.39. The van der Waals surface area contributed by atoms with Gasteiger partial charge in [0.1, 0.15) is 17.4 Å². The third-order valence-corrected chi connectivity index (χ3v) is 5.66. The molecule has 1 saturated carbocycles. The van der Waals surface area contributed by atoms with Crippen molar-refractivity contribution in [2.24, 2.45) is 5.92 Å². The zero-order chi connectivity index (χ0) is 23.0. The van der Waals surface area contributed by atoms with E-state index in [1.54, 1.807) is 17.7 Å². The lowest BCUT2D eigenvalue weighted by Crippen LogP contribution is -2.32. The van der Waals surface area contributed by atoms with Gasteiger partial charge >= 0.3 is 5.97 Å². The number of carboxylic acids is 1. The van der Waals surface area contributed by atoms with E-state index < -0.39 is 17.6 Å². The second-order valence-corrected chi connectivity index (χ2v) is 8.39. The van der Waals surface area contributed by atoms with Gasteiger partial charge in [0.25, 0.3) is 11.4 Å². The van der Waals surface area contributed by atoms with Gasteiger partial charge in [0.2, 0.25) is 0 Å². The lowest BCUT2D eigenvalue weighted by molar-refractivity contribution is 0.0693. The van der Waals surface area contributed by atoms with E-state index in [0.717, 1.165) is 12.8 Å². The van der Waals surface area contributed by atoms with Gasteiger partial charge in [-0.3, -0.25) is 4.79 Å². The number of aromatic carboxylic acids is 1. The molecule has 3 heterocycles. The van der Waals surface area contributed by atoms with Crippen molar-refractivity contribution in [1.29, 1.82) is 0 Å². The first kappa shape index (κ1) is 22.1. The van der Waals surface area contributed by atoms with Crippen LogP contribution in [-0.4, -0.2) is 48.1 Å². The number of pyridine rings is 2. The van der Waals surface area contributed by atoms with Gasteiger partial charge in [0.15, 0.2) is 11.5 Å². The SMILES string of the molecule is COCCCOc1cc2c(nc1OC)-c1c(cc(C(=O)O)c(=O)n1C1CC1)[C@@H](C(C)C)O2. The molecule has 0 aromatic carbocycles. The summed E-state index contributed by atoms with van der Waals surface area (Å²) in [4.78, 5) is 29.6. The zero-order valence-electron chi connectivity index (χ0n) is 18.7. The Morgan fingerprint density at radius 1 is 1.28 bits per heavy atom. The molecule has 0 spiro atoms. The smallest absolute Gasteiger partial charge is 0.341 e. The van der Waals surface area contributed by atoms with Crippen molar-refractivity contribution in [2.45, 2.75) is 45.3 Å². The van der Waals surface area contributed by atoms with Crippen molar-refractivity contribution in [2.75, 3.05) is 27.4 Å². The number of carbonyl (C=O) groups is 1. The number of hydrogen-bond donors (Lipinski definition) is 1. The summed E-state index contributed by atoms with van der Waals surface area (Å²) < 4.78 is 24.2. The Kier molecular flexibility index (Phi) is 6.10.